The first-order valence-corrected chi connectivity index (χ1v) is 14.1. The van der Waals surface area contributed by atoms with Gasteiger partial charge in [0.1, 0.15) is 11.5 Å². The van der Waals surface area contributed by atoms with Gasteiger partial charge in [0.25, 0.3) is 0 Å². The maximum absolute atomic E-state index is 11.1. The third kappa shape index (κ3) is 7.21. The maximum Gasteiger partial charge on any atom is 0.123 e. The highest BCUT2D eigenvalue weighted by atomic mass is 16.3. The van der Waals surface area contributed by atoms with E-state index in [9.17, 15) is 10.2 Å². The van der Waals surface area contributed by atoms with E-state index in [-0.39, 0.29) is 21.7 Å². The molecule has 0 radical (unpaired) electrons. The summed E-state index contributed by atoms with van der Waals surface area (Å²) in [5.74, 6) is 0.723. The fourth-order valence-corrected chi connectivity index (χ4v) is 4.72. The molecule has 0 saturated heterocycles. The summed E-state index contributed by atoms with van der Waals surface area (Å²) in [5.41, 5.74) is 6.18. The van der Waals surface area contributed by atoms with E-state index in [0.29, 0.717) is 11.5 Å². The van der Waals surface area contributed by atoms with Crippen molar-refractivity contribution in [3.63, 3.8) is 0 Å². The van der Waals surface area contributed by atoms with Crippen LogP contribution in [0.3, 0.4) is 0 Å². The highest BCUT2D eigenvalue weighted by molar-refractivity contribution is 5.88. The van der Waals surface area contributed by atoms with E-state index in [2.05, 4.69) is 83.1 Å². The molecule has 0 spiro atoms. The Morgan fingerprint density at radius 2 is 0.725 bits per heavy atom. The summed E-state index contributed by atoms with van der Waals surface area (Å²) in [5, 5.41) is 22.1. The van der Waals surface area contributed by atoms with E-state index in [4.69, 9.17) is 9.98 Å². The Bertz CT molecular complexity index is 1250. The van der Waals surface area contributed by atoms with Crippen molar-refractivity contribution in [1.82, 2.24) is 0 Å². The Balaban J connectivity index is 2.07. The van der Waals surface area contributed by atoms with Gasteiger partial charge >= 0.3 is 0 Å². The fraction of sp³-hybridized carbons (Fsp3) is 0.444. The van der Waals surface area contributed by atoms with Crippen LogP contribution in [0.4, 0.5) is 11.4 Å². The molecule has 0 fully saturated rings. The van der Waals surface area contributed by atoms with Crippen molar-refractivity contribution in [2.45, 2.75) is 105 Å². The van der Waals surface area contributed by atoms with Crippen molar-refractivity contribution in [2.24, 2.45) is 9.98 Å². The summed E-state index contributed by atoms with van der Waals surface area (Å²) < 4.78 is 0. The number of hydrogen-bond acceptors (Lipinski definition) is 4. The lowest BCUT2D eigenvalue weighted by molar-refractivity contribution is 0.422. The smallest absolute Gasteiger partial charge is 0.123 e. The van der Waals surface area contributed by atoms with Crippen molar-refractivity contribution in [2.75, 3.05) is 0 Å². The zero-order valence-corrected chi connectivity index (χ0v) is 26.6. The van der Waals surface area contributed by atoms with Crippen LogP contribution in [0.5, 0.6) is 11.5 Å². The van der Waals surface area contributed by atoms with Crippen molar-refractivity contribution >= 4 is 23.8 Å². The molecule has 3 rings (SSSR count). The third-order valence-electron chi connectivity index (χ3n) is 7.08. The minimum absolute atomic E-state index is 0.210. The van der Waals surface area contributed by atoms with Crippen molar-refractivity contribution in [3.8, 4) is 11.5 Å². The zero-order chi connectivity index (χ0) is 30.3. The molecule has 3 aromatic rings. The van der Waals surface area contributed by atoms with Crippen LogP contribution >= 0.6 is 0 Å². The highest BCUT2D eigenvalue weighted by Gasteiger charge is 2.27. The second-order valence-electron chi connectivity index (χ2n) is 14.9. The average Bonchev–Trinajstić information content (AvgIpc) is 2.80. The van der Waals surface area contributed by atoms with Crippen molar-refractivity contribution in [1.29, 1.82) is 0 Å². The van der Waals surface area contributed by atoms with Gasteiger partial charge in [0.05, 0.1) is 11.4 Å². The number of rotatable bonds is 4. The number of nitrogens with zero attached hydrogens (tertiary/aromatic N) is 2. The van der Waals surface area contributed by atoms with E-state index in [1.54, 1.807) is 0 Å². The number of hydrogen-bond donors (Lipinski definition) is 2. The van der Waals surface area contributed by atoms with E-state index in [1.165, 1.54) is 0 Å². The van der Waals surface area contributed by atoms with Crippen molar-refractivity contribution < 1.29 is 10.2 Å². The second-order valence-corrected chi connectivity index (χ2v) is 14.9. The minimum atomic E-state index is -0.210. The van der Waals surface area contributed by atoms with Gasteiger partial charge in [0.15, 0.2) is 0 Å². The third-order valence-corrected chi connectivity index (χ3v) is 7.08. The molecule has 3 aromatic carbocycles. The molecule has 0 aliphatic carbocycles. The molecule has 40 heavy (non-hydrogen) atoms. The van der Waals surface area contributed by atoms with Crippen LogP contribution in [0.15, 0.2) is 58.5 Å². The molecule has 2 N–H and O–H groups in total. The Morgan fingerprint density at radius 1 is 0.475 bits per heavy atom. The topological polar surface area (TPSA) is 65.2 Å². The van der Waals surface area contributed by atoms with Gasteiger partial charge in [-0.3, -0.25) is 9.98 Å². The van der Waals surface area contributed by atoms with E-state index in [0.717, 1.165) is 44.8 Å². The maximum atomic E-state index is 11.1. The molecule has 4 heteroatoms. The SMILES string of the molecule is CC(C)(C)c1cc(C=Nc2ccccc2N=Cc2cc(C(C)(C)C)c(O)c(C(C)(C)C)c2)cc(C(C)(C)C)c1O. The summed E-state index contributed by atoms with van der Waals surface area (Å²) in [6, 6.07) is 15.9. The van der Waals surface area contributed by atoms with Crippen LogP contribution < -0.4 is 0 Å². The second kappa shape index (κ2) is 10.9. The molecule has 0 unspecified atom stereocenters. The van der Waals surface area contributed by atoms with E-state index < -0.39 is 0 Å². The predicted octanol–water partition coefficient (Wildman–Crippen LogP) is 9.79. The van der Waals surface area contributed by atoms with Gasteiger partial charge < -0.3 is 10.2 Å². The number of para-hydroxylation sites is 2. The minimum Gasteiger partial charge on any atom is -0.507 e. The Kier molecular flexibility index (Phi) is 8.46. The van der Waals surface area contributed by atoms with Crippen molar-refractivity contribution in [3.05, 3.63) is 81.9 Å². The lowest BCUT2D eigenvalue weighted by Crippen LogP contribution is -2.17. The van der Waals surface area contributed by atoms with Crippen LogP contribution in [-0.4, -0.2) is 22.6 Å². The largest absolute Gasteiger partial charge is 0.507 e. The lowest BCUT2D eigenvalue weighted by atomic mass is 9.78. The molecule has 0 aromatic heterocycles. The van der Waals surface area contributed by atoms with Gasteiger partial charge in [-0.2, -0.15) is 0 Å². The molecule has 4 nitrogen and oxygen atoms in total. The molecule has 0 aliphatic rings. The van der Waals surface area contributed by atoms with E-state index >= 15 is 0 Å². The Hall–Kier alpha value is -3.40. The summed E-state index contributed by atoms with van der Waals surface area (Å²) in [4.78, 5) is 9.66. The first-order valence-electron chi connectivity index (χ1n) is 14.1. The number of phenolic OH excluding ortho intramolecular Hbond substituents is 2. The van der Waals surface area contributed by atoms with Gasteiger partial charge in [-0.15, -0.1) is 0 Å². The Labute approximate surface area is 241 Å². The normalized spacial score (nSPS) is 13.5. The zero-order valence-electron chi connectivity index (χ0n) is 26.6. The van der Waals surface area contributed by atoms with Crippen LogP contribution in [0, 0.1) is 0 Å². The monoisotopic (exact) mass is 540 g/mol. The first-order chi connectivity index (χ1) is 18.2. The molecular weight excluding hydrogens is 492 g/mol. The molecule has 0 amide bonds. The molecule has 0 saturated carbocycles. The standard InChI is InChI=1S/C36H48N2O2/c1-33(2,3)25-17-23(18-26(31(25)39)34(4,5)6)21-37-29-15-13-14-16-30(29)38-22-24-19-27(35(7,8)9)32(40)28(20-24)36(10,11)12/h13-22,39-40H,1-12H3. The lowest BCUT2D eigenvalue weighted by Gasteiger charge is -2.27. The average molecular weight is 541 g/mol. The number of phenols is 2. The molecule has 0 bridgehead atoms. The summed E-state index contributed by atoms with van der Waals surface area (Å²) in [6.07, 6.45) is 3.71. The molecule has 0 atom stereocenters. The summed E-state index contributed by atoms with van der Waals surface area (Å²) in [7, 11) is 0. The first kappa shape index (κ1) is 31.1. The van der Waals surface area contributed by atoms with Gasteiger partial charge in [0.2, 0.25) is 0 Å². The molecular formula is C36H48N2O2. The summed E-state index contributed by atoms with van der Waals surface area (Å²) >= 11 is 0. The predicted molar refractivity (Wildman–Crippen MR) is 172 cm³/mol. The van der Waals surface area contributed by atoms with Gasteiger partial charge in [-0.25, -0.2) is 0 Å². The van der Waals surface area contributed by atoms with Gasteiger partial charge in [0, 0.05) is 34.7 Å². The highest BCUT2D eigenvalue weighted by Crippen LogP contribution is 2.41. The quantitative estimate of drug-likeness (QED) is 0.323. The Morgan fingerprint density at radius 3 is 0.950 bits per heavy atom. The molecule has 214 valence electrons. The van der Waals surface area contributed by atoms with Crippen LogP contribution in [0.2, 0.25) is 0 Å². The number of aromatic hydroxyl groups is 2. The summed E-state index contributed by atoms with van der Waals surface area (Å²) in [6.45, 7) is 25.3. The number of benzene rings is 3. The van der Waals surface area contributed by atoms with Gasteiger partial charge in [-0.1, -0.05) is 95.2 Å². The van der Waals surface area contributed by atoms with E-state index in [1.807, 2.05) is 61.0 Å². The molecule has 0 heterocycles. The van der Waals surface area contributed by atoms with Crippen LogP contribution in [0.25, 0.3) is 0 Å². The fourth-order valence-electron chi connectivity index (χ4n) is 4.72. The van der Waals surface area contributed by atoms with Crippen LogP contribution in [-0.2, 0) is 21.7 Å². The number of aliphatic imine (C=N–C) groups is 2. The van der Waals surface area contributed by atoms with Crippen LogP contribution in [0.1, 0.15) is 116 Å². The van der Waals surface area contributed by atoms with Gasteiger partial charge in [-0.05, 0) is 69.2 Å². The molecule has 0 aliphatic heterocycles.